The molecule has 0 saturated heterocycles. The first kappa shape index (κ1) is 10.1. The van der Waals surface area contributed by atoms with Crippen molar-refractivity contribution in [3.63, 3.8) is 0 Å². The third-order valence-corrected chi connectivity index (χ3v) is 2.10. The van der Waals surface area contributed by atoms with Crippen LogP contribution in [0.2, 0.25) is 0 Å². The largest absolute Gasteiger partial charge is 0.397 e. The molecule has 0 aliphatic heterocycles. The van der Waals surface area contributed by atoms with Crippen LogP contribution in [0.3, 0.4) is 0 Å². The molecule has 6 nitrogen and oxygen atoms in total. The maximum atomic E-state index is 5.75. The molecule has 14 heavy (non-hydrogen) atoms. The van der Waals surface area contributed by atoms with Gasteiger partial charge in [-0.2, -0.15) is 0 Å². The van der Waals surface area contributed by atoms with Gasteiger partial charge in [-0.15, -0.1) is 0 Å². The maximum Gasteiger partial charge on any atom is 0.111 e. The van der Waals surface area contributed by atoms with E-state index < -0.39 is 0 Å². The van der Waals surface area contributed by atoms with Gasteiger partial charge in [-0.25, -0.2) is 0 Å². The van der Waals surface area contributed by atoms with Crippen molar-refractivity contribution in [2.45, 2.75) is 6.54 Å². The van der Waals surface area contributed by atoms with Crippen LogP contribution in [-0.2, 0) is 6.54 Å². The summed E-state index contributed by atoms with van der Waals surface area (Å²) in [5, 5.41) is 0. The van der Waals surface area contributed by atoms with Crippen LogP contribution in [0.5, 0.6) is 0 Å². The smallest absolute Gasteiger partial charge is 0.111 e. The van der Waals surface area contributed by atoms with E-state index in [-0.39, 0.29) is 17.9 Å². The summed E-state index contributed by atoms with van der Waals surface area (Å²) in [5.74, 6) is 0. The number of nitrogens with zero attached hydrogens (tertiary/aromatic N) is 1. The van der Waals surface area contributed by atoms with Gasteiger partial charge in [-0.3, -0.25) is 4.99 Å². The molecule has 0 radical (unpaired) electrons. The molecule has 0 unspecified atom stereocenters. The Morgan fingerprint density at radius 3 is 1.93 bits per heavy atom. The fourth-order valence-electron chi connectivity index (χ4n) is 1.26. The van der Waals surface area contributed by atoms with Gasteiger partial charge < -0.3 is 28.7 Å². The van der Waals surface area contributed by atoms with Crippen LogP contribution < -0.4 is 28.7 Å². The Labute approximate surface area is 81.8 Å². The van der Waals surface area contributed by atoms with Gasteiger partial charge in [-0.1, -0.05) is 0 Å². The topological polar surface area (TPSA) is 142 Å². The first-order valence-corrected chi connectivity index (χ1v) is 3.96. The van der Waals surface area contributed by atoms with Crippen molar-refractivity contribution >= 4 is 35.2 Å². The molecule has 0 fully saturated rings. The second kappa shape index (κ2) is 3.43. The monoisotopic (exact) mass is 194 g/mol. The molecule has 0 aromatic heterocycles. The highest BCUT2D eigenvalue weighted by Gasteiger charge is 2.15. The van der Waals surface area contributed by atoms with Gasteiger partial charge in [0.1, 0.15) is 5.69 Å². The summed E-state index contributed by atoms with van der Waals surface area (Å²) >= 11 is 0. The van der Waals surface area contributed by atoms with E-state index in [2.05, 4.69) is 11.7 Å². The maximum absolute atomic E-state index is 5.75. The lowest BCUT2D eigenvalue weighted by Gasteiger charge is -2.15. The van der Waals surface area contributed by atoms with Crippen LogP contribution in [-0.4, -0.2) is 6.72 Å². The third kappa shape index (κ3) is 1.21. The molecule has 0 aliphatic rings. The van der Waals surface area contributed by atoms with Gasteiger partial charge in [0.05, 0.1) is 22.7 Å². The SMILES string of the molecule is C=Nc1c(N)c(N)c(N)c(CN)c1N. The zero-order chi connectivity index (χ0) is 10.9. The molecular formula is C8H14N6. The summed E-state index contributed by atoms with van der Waals surface area (Å²) in [6.07, 6.45) is 0. The summed E-state index contributed by atoms with van der Waals surface area (Å²) in [6, 6.07) is 0. The Kier molecular flexibility index (Phi) is 2.48. The van der Waals surface area contributed by atoms with Crippen molar-refractivity contribution < 1.29 is 0 Å². The molecule has 1 aromatic rings. The quantitative estimate of drug-likeness (QED) is 0.327. The molecule has 0 heterocycles. The normalized spacial score (nSPS) is 10.1. The highest BCUT2D eigenvalue weighted by Crippen LogP contribution is 2.41. The van der Waals surface area contributed by atoms with E-state index >= 15 is 0 Å². The minimum Gasteiger partial charge on any atom is -0.397 e. The number of anilines is 4. The van der Waals surface area contributed by atoms with Gasteiger partial charge in [0, 0.05) is 12.1 Å². The van der Waals surface area contributed by atoms with Gasteiger partial charge in [-0.05, 0) is 6.72 Å². The lowest BCUT2D eigenvalue weighted by atomic mass is 10.1. The number of nitrogen functional groups attached to an aromatic ring is 4. The average molecular weight is 194 g/mol. The summed E-state index contributed by atoms with van der Waals surface area (Å²) < 4.78 is 0. The van der Waals surface area contributed by atoms with Crippen molar-refractivity contribution in [2.75, 3.05) is 22.9 Å². The fraction of sp³-hybridized carbons (Fsp3) is 0.125. The van der Waals surface area contributed by atoms with Crippen molar-refractivity contribution in [1.82, 2.24) is 0 Å². The summed E-state index contributed by atoms with van der Waals surface area (Å²) in [4.78, 5) is 3.69. The number of hydrogen-bond acceptors (Lipinski definition) is 6. The van der Waals surface area contributed by atoms with E-state index in [1.165, 1.54) is 0 Å². The van der Waals surface area contributed by atoms with Gasteiger partial charge in [0.2, 0.25) is 0 Å². The number of nitrogens with two attached hydrogens (primary N) is 5. The predicted octanol–water partition coefficient (Wildman–Crippen LogP) is -0.194. The Balaban J connectivity index is 3.64. The Hall–Kier alpha value is -1.95. The highest BCUT2D eigenvalue weighted by atomic mass is 14.9. The Morgan fingerprint density at radius 2 is 1.50 bits per heavy atom. The third-order valence-electron chi connectivity index (χ3n) is 2.10. The highest BCUT2D eigenvalue weighted by molar-refractivity contribution is 5.96. The van der Waals surface area contributed by atoms with E-state index in [4.69, 9.17) is 28.7 Å². The molecule has 0 atom stereocenters. The minimum atomic E-state index is 0.185. The molecule has 0 amide bonds. The molecule has 0 spiro atoms. The van der Waals surface area contributed by atoms with Gasteiger partial charge in [0.25, 0.3) is 0 Å². The Morgan fingerprint density at radius 1 is 0.929 bits per heavy atom. The zero-order valence-electron chi connectivity index (χ0n) is 7.75. The zero-order valence-corrected chi connectivity index (χ0v) is 7.75. The Bertz CT molecular complexity index is 384. The molecular weight excluding hydrogens is 180 g/mol. The predicted molar refractivity (Wildman–Crippen MR) is 61.2 cm³/mol. The van der Waals surface area contributed by atoms with Crippen molar-refractivity contribution in [2.24, 2.45) is 10.7 Å². The number of rotatable bonds is 2. The van der Waals surface area contributed by atoms with Crippen molar-refractivity contribution in [3.8, 4) is 0 Å². The summed E-state index contributed by atoms with van der Waals surface area (Å²) in [7, 11) is 0. The standard InChI is InChI=1S/C8H14N6/c1-14-8-5(11)3(2-9)4(10)6(12)7(8)13/h1-2,9-13H2. The molecule has 10 N–H and O–H groups in total. The van der Waals surface area contributed by atoms with E-state index in [0.29, 0.717) is 22.6 Å². The van der Waals surface area contributed by atoms with Crippen molar-refractivity contribution in [3.05, 3.63) is 5.56 Å². The van der Waals surface area contributed by atoms with Crippen LogP contribution in [0, 0.1) is 0 Å². The molecule has 6 heteroatoms. The van der Waals surface area contributed by atoms with Crippen LogP contribution >= 0.6 is 0 Å². The second-order valence-electron chi connectivity index (χ2n) is 2.84. The van der Waals surface area contributed by atoms with Crippen LogP contribution in [0.1, 0.15) is 5.56 Å². The van der Waals surface area contributed by atoms with Gasteiger partial charge in [0.15, 0.2) is 0 Å². The first-order valence-electron chi connectivity index (χ1n) is 3.96. The van der Waals surface area contributed by atoms with Crippen LogP contribution in [0.15, 0.2) is 4.99 Å². The lowest BCUT2D eigenvalue weighted by molar-refractivity contribution is 1.08. The molecule has 0 bridgehead atoms. The number of aliphatic imine (C=N–C) groups is 1. The average Bonchev–Trinajstić information content (AvgIpc) is 2.16. The van der Waals surface area contributed by atoms with Gasteiger partial charge >= 0.3 is 0 Å². The minimum absolute atomic E-state index is 0.185. The molecule has 0 aliphatic carbocycles. The van der Waals surface area contributed by atoms with Crippen LogP contribution in [0.4, 0.5) is 28.4 Å². The fourth-order valence-corrected chi connectivity index (χ4v) is 1.26. The summed E-state index contributed by atoms with van der Waals surface area (Å²) in [5.41, 5.74) is 30.3. The number of benzene rings is 1. The van der Waals surface area contributed by atoms with E-state index in [1.807, 2.05) is 0 Å². The summed E-state index contributed by atoms with van der Waals surface area (Å²) in [6.45, 7) is 3.54. The van der Waals surface area contributed by atoms with E-state index in [9.17, 15) is 0 Å². The van der Waals surface area contributed by atoms with Crippen molar-refractivity contribution in [1.29, 1.82) is 0 Å². The number of hydrogen-bond donors (Lipinski definition) is 5. The second-order valence-corrected chi connectivity index (χ2v) is 2.84. The van der Waals surface area contributed by atoms with Crippen LogP contribution in [0.25, 0.3) is 0 Å². The van der Waals surface area contributed by atoms with E-state index in [1.54, 1.807) is 0 Å². The molecule has 1 aromatic carbocycles. The molecule has 1 rings (SSSR count). The molecule has 0 saturated carbocycles. The first-order chi connectivity index (χ1) is 6.54. The molecule has 76 valence electrons. The lowest BCUT2D eigenvalue weighted by Crippen LogP contribution is -2.10. The van der Waals surface area contributed by atoms with E-state index in [0.717, 1.165) is 0 Å².